The first-order valence-electron chi connectivity index (χ1n) is 19.8. The molecule has 10 aromatic carbocycles. The van der Waals surface area contributed by atoms with Gasteiger partial charge in [-0.15, -0.1) is 11.3 Å². The molecule has 0 aliphatic heterocycles. The molecule has 1 aliphatic rings. The number of fused-ring (bicyclic) bond motifs is 13. The first-order chi connectivity index (χ1) is 28.0. The highest BCUT2D eigenvalue weighted by atomic mass is 32.1. The maximum Gasteiger partial charge on any atom is 0.0546 e. The van der Waals surface area contributed by atoms with E-state index in [2.05, 4.69) is 207 Å². The summed E-state index contributed by atoms with van der Waals surface area (Å²) >= 11 is 1.87. The minimum absolute atomic E-state index is 0.141. The van der Waals surface area contributed by atoms with Gasteiger partial charge in [0.25, 0.3) is 0 Å². The second-order valence-corrected chi connectivity index (χ2v) is 17.1. The van der Waals surface area contributed by atoms with E-state index in [0.717, 1.165) is 17.1 Å². The molecule has 0 unspecified atom stereocenters. The fourth-order valence-electron chi connectivity index (χ4n) is 9.91. The normalized spacial score (nSPS) is 13.2. The first kappa shape index (κ1) is 32.5. The monoisotopic (exact) mass is 743 g/mol. The molecule has 0 amide bonds. The molecule has 268 valence electrons. The molecular formula is C55H37NS. The molecule has 0 saturated heterocycles. The Hall–Kier alpha value is -6.74. The Morgan fingerprint density at radius 1 is 0.351 bits per heavy atom. The van der Waals surface area contributed by atoms with Gasteiger partial charge in [0.15, 0.2) is 0 Å². The molecule has 1 nitrogen and oxygen atoms in total. The van der Waals surface area contributed by atoms with E-state index in [-0.39, 0.29) is 5.41 Å². The van der Waals surface area contributed by atoms with Crippen molar-refractivity contribution in [2.24, 2.45) is 0 Å². The van der Waals surface area contributed by atoms with E-state index in [0.29, 0.717) is 0 Å². The van der Waals surface area contributed by atoms with Crippen molar-refractivity contribution < 1.29 is 0 Å². The molecule has 57 heavy (non-hydrogen) atoms. The molecule has 0 saturated carbocycles. The lowest BCUT2D eigenvalue weighted by molar-refractivity contribution is 0.660. The van der Waals surface area contributed by atoms with Crippen LogP contribution in [0.4, 0.5) is 17.1 Å². The van der Waals surface area contributed by atoms with Crippen LogP contribution in [-0.2, 0) is 5.41 Å². The molecule has 0 radical (unpaired) electrons. The third-order valence-corrected chi connectivity index (χ3v) is 13.8. The molecule has 0 spiro atoms. The van der Waals surface area contributed by atoms with Crippen LogP contribution < -0.4 is 4.90 Å². The third kappa shape index (κ3) is 4.75. The second-order valence-electron chi connectivity index (χ2n) is 16.0. The average molecular weight is 744 g/mol. The lowest BCUT2D eigenvalue weighted by Gasteiger charge is -2.31. The molecule has 2 heteroatoms. The van der Waals surface area contributed by atoms with E-state index in [4.69, 9.17) is 0 Å². The smallest absolute Gasteiger partial charge is 0.0546 e. The van der Waals surface area contributed by atoms with Gasteiger partial charge in [-0.3, -0.25) is 0 Å². The van der Waals surface area contributed by atoms with Crippen LogP contribution in [0.1, 0.15) is 25.0 Å². The summed E-state index contributed by atoms with van der Waals surface area (Å²) in [6.45, 7) is 4.76. The van der Waals surface area contributed by atoms with Gasteiger partial charge in [-0.25, -0.2) is 0 Å². The van der Waals surface area contributed by atoms with E-state index < -0.39 is 0 Å². The van der Waals surface area contributed by atoms with Crippen LogP contribution in [0.2, 0.25) is 0 Å². The molecule has 11 aromatic rings. The van der Waals surface area contributed by atoms with E-state index in [1.54, 1.807) is 0 Å². The van der Waals surface area contributed by atoms with Crippen molar-refractivity contribution >= 4 is 91.7 Å². The summed E-state index contributed by atoms with van der Waals surface area (Å²) in [5, 5.41) is 12.7. The van der Waals surface area contributed by atoms with Crippen LogP contribution in [0, 0.1) is 0 Å². The van der Waals surface area contributed by atoms with Crippen molar-refractivity contribution in [1.82, 2.24) is 0 Å². The molecule has 0 atom stereocenters. The van der Waals surface area contributed by atoms with Gasteiger partial charge in [0.2, 0.25) is 0 Å². The molecule has 0 fully saturated rings. The van der Waals surface area contributed by atoms with Crippen LogP contribution >= 0.6 is 11.3 Å². The van der Waals surface area contributed by atoms with Crippen molar-refractivity contribution in [3.8, 4) is 22.3 Å². The Kier molecular flexibility index (Phi) is 6.91. The lowest BCUT2D eigenvalue weighted by atomic mass is 9.82. The largest absolute Gasteiger partial charge is 0.310 e. The zero-order chi connectivity index (χ0) is 37.8. The number of thiophene rings is 1. The average Bonchev–Trinajstić information content (AvgIpc) is 3.75. The zero-order valence-corrected chi connectivity index (χ0v) is 32.6. The Labute approximate surface area is 335 Å². The standard InChI is InChI=1S/C55H37NS/c1-55(2)50-24-11-9-21-43(50)44-28-26-36(31-51(44)55)56(35-27-29-54-49(30-35)45-22-10-12-25-53(45)57-54)52-33-47-42-20-8-6-18-40(42)39-17-5-7-19-41(39)46(47)32-48(52)38-23-13-15-34-14-3-4-16-37(34)38/h3-33H,1-2H3. The first-order valence-corrected chi connectivity index (χ1v) is 20.7. The Morgan fingerprint density at radius 2 is 0.895 bits per heavy atom. The minimum atomic E-state index is -0.141. The lowest BCUT2D eigenvalue weighted by Crippen LogP contribution is -2.17. The number of hydrogen-bond donors (Lipinski definition) is 0. The molecule has 1 aliphatic carbocycles. The third-order valence-electron chi connectivity index (χ3n) is 12.6. The van der Waals surface area contributed by atoms with E-state index >= 15 is 0 Å². The van der Waals surface area contributed by atoms with Crippen LogP contribution in [0.5, 0.6) is 0 Å². The van der Waals surface area contributed by atoms with Gasteiger partial charge in [0.1, 0.15) is 0 Å². The van der Waals surface area contributed by atoms with Crippen LogP contribution in [0.25, 0.3) is 85.5 Å². The van der Waals surface area contributed by atoms with Crippen LogP contribution in [0.15, 0.2) is 188 Å². The topological polar surface area (TPSA) is 3.24 Å². The van der Waals surface area contributed by atoms with Gasteiger partial charge in [-0.2, -0.15) is 0 Å². The highest BCUT2D eigenvalue weighted by Gasteiger charge is 2.36. The Bertz CT molecular complexity index is 3450. The predicted molar refractivity (Wildman–Crippen MR) is 247 cm³/mol. The van der Waals surface area contributed by atoms with E-state index in [9.17, 15) is 0 Å². The van der Waals surface area contributed by atoms with Crippen LogP contribution in [-0.4, -0.2) is 0 Å². The van der Waals surface area contributed by atoms with Gasteiger partial charge in [-0.05, 0) is 119 Å². The maximum atomic E-state index is 2.55. The fourth-order valence-corrected chi connectivity index (χ4v) is 11.0. The minimum Gasteiger partial charge on any atom is -0.310 e. The van der Waals surface area contributed by atoms with Crippen molar-refractivity contribution in [2.75, 3.05) is 4.90 Å². The van der Waals surface area contributed by atoms with E-state index in [1.165, 1.54) is 96.6 Å². The summed E-state index contributed by atoms with van der Waals surface area (Å²) in [7, 11) is 0. The fraction of sp³-hybridized carbons (Fsp3) is 0.0545. The summed E-state index contributed by atoms with van der Waals surface area (Å²) < 4.78 is 2.62. The van der Waals surface area contributed by atoms with Crippen molar-refractivity contribution in [3.05, 3.63) is 199 Å². The van der Waals surface area contributed by atoms with Gasteiger partial charge < -0.3 is 4.90 Å². The SMILES string of the molecule is CC1(C)c2ccccc2-c2ccc(N(c3ccc4sc5ccccc5c4c3)c3cc4c5ccccc5c5ccccc5c4cc3-c3cccc4ccccc34)cc21. The molecule has 12 rings (SSSR count). The number of hydrogen-bond acceptors (Lipinski definition) is 2. The van der Waals surface area contributed by atoms with Gasteiger partial charge in [0.05, 0.1) is 5.69 Å². The molecule has 0 bridgehead atoms. The Morgan fingerprint density at radius 3 is 1.68 bits per heavy atom. The molecular weight excluding hydrogens is 707 g/mol. The highest BCUT2D eigenvalue weighted by molar-refractivity contribution is 7.25. The summed E-state index contributed by atoms with van der Waals surface area (Å²) in [4.78, 5) is 2.55. The number of anilines is 3. The predicted octanol–water partition coefficient (Wildman–Crippen LogP) is 16.1. The summed E-state index contributed by atoms with van der Waals surface area (Å²) in [6, 6.07) is 70.5. The van der Waals surface area contributed by atoms with Crippen molar-refractivity contribution in [3.63, 3.8) is 0 Å². The summed E-state index contributed by atoms with van der Waals surface area (Å²) in [6.07, 6.45) is 0. The molecule has 0 N–H and O–H groups in total. The highest BCUT2D eigenvalue weighted by Crippen LogP contribution is 2.53. The molecule has 1 aromatic heterocycles. The Balaban J connectivity index is 1.23. The number of rotatable bonds is 4. The number of benzene rings is 10. The second kappa shape index (κ2) is 12.1. The zero-order valence-electron chi connectivity index (χ0n) is 31.8. The van der Waals surface area contributed by atoms with Crippen molar-refractivity contribution in [1.29, 1.82) is 0 Å². The van der Waals surface area contributed by atoms with Crippen LogP contribution in [0.3, 0.4) is 0 Å². The number of nitrogens with zero attached hydrogens (tertiary/aromatic N) is 1. The van der Waals surface area contributed by atoms with Crippen molar-refractivity contribution in [2.45, 2.75) is 19.3 Å². The van der Waals surface area contributed by atoms with Gasteiger partial charge in [0, 0.05) is 42.5 Å². The quantitative estimate of drug-likeness (QED) is 0.162. The van der Waals surface area contributed by atoms with Gasteiger partial charge >= 0.3 is 0 Å². The molecule has 1 heterocycles. The summed E-state index contributed by atoms with van der Waals surface area (Å²) in [5.74, 6) is 0. The maximum absolute atomic E-state index is 2.55. The summed E-state index contributed by atoms with van der Waals surface area (Å²) in [5.41, 5.74) is 11.1. The van der Waals surface area contributed by atoms with Gasteiger partial charge in [-0.1, -0.05) is 153 Å². The van der Waals surface area contributed by atoms with E-state index in [1.807, 2.05) is 11.3 Å².